The van der Waals surface area contributed by atoms with Crippen LogP contribution < -0.4 is 0 Å². The first kappa shape index (κ1) is 5.54. The summed E-state index contributed by atoms with van der Waals surface area (Å²) in [6.07, 6.45) is 1.65. The molecule has 0 saturated carbocycles. The molecule has 6 heteroatoms. The van der Waals surface area contributed by atoms with Crippen LogP contribution >= 0.6 is 0 Å². The van der Waals surface area contributed by atoms with Gasteiger partial charge in [0, 0.05) is 0 Å². The van der Waals surface area contributed by atoms with Crippen LogP contribution in [0.5, 0.6) is 0 Å². The first-order chi connectivity index (χ1) is 4.38. The largest absolute Gasteiger partial charge is 0.294 e. The van der Waals surface area contributed by atoms with E-state index in [1.807, 2.05) is 0 Å². The second kappa shape index (κ2) is 2.12. The van der Waals surface area contributed by atoms with Gasteiger partial charge in [0.2, 0.25) is 5.82 Å². The van der Waals surface area contributed by atoms with Gasteiger partial charge in [0.1, 0.15) is 6.33 Å². The number of nitrogens with one attached hydrogen (secondary N) is 1. The predicted octanol–water partition coefficient (Wildman–Crippen LogP) is -0.115. The van der Waals surface area contributed by atoms with Gasteiger partial charge in [-0.1, -0.05) is 5.22 Å². The van der Waals surface area contributed by atoms with Crippen LogP contribution in [0.2, 0.25) is 0 Å². The van der Waals surface area contributed by atoms with E-state index in [-0.39, 0.29) is 5.82 Å². The molecule has 0 unspecified atom stereocenters. The average molecular weight is 125 g/mol. The predicted molar refractivity (Wildman–Crippen MR) is 26.0 cm³/mol. The molecule has 1 aromatic heterocycles. The lowest BCUT2D eigenvalue weighted by Gasteiger charge is -1.83. The Bertz CT molecular complexity index is 205. The minimum atomic E-state index is 0.0324. The Hall–Kier alpha value is -1.59. The third-order valence-electron chi connectivity index (χ3n) is 0.769. The summed E-state index contributed by atoms with van der Waals surface area (Å²) in [7, 11) is 0. The second-order valence-corrected chi connectivity index (χ2v) is 1.25. The molecule has 0 spiro atoms. The van der Waals surface area contributed by atoms with Crippen LogP contribution in [0.1, 0.15) is 10.6 Å². The van der Waals surface area contributed by atoms with Crippen LogP contribution in [0.4, 0.5) is 0 Å². The molecule has 0 saturated heterocycles. The molecule has 9 heavy (non-hydrogen) atoms. The summed E-state index contributed by atoms with van der Waals surface area (Å²) in [5.41, 5.74) is 6.45. The van der Waals surface area contributed by atoms with Gasteiger partial charge in [-0.15, -0.1) is 10.2 Å². The number of rotatable bonds is 2. The van der Waals surface area contributed by atoms with Gasteiger partial charge >= 0.3 is 0 Å². The molecule has 0 aliphatic heterocycles. The van der Waals surface area contributed by atoms with E-state index in [1.165, 1.54) is 6.33 Å². The van der Waals surface area contributed by atoms with Crippen LogP contribution in [0.15, 0.2) is 11.6 Å². The average Bonchev–Trinajstić information content (AvgIpc) is 2.33. The van der Waals surface area contributed by atoms with Crippen LogP contribution in [0.25, 0.3) is 0 Å². The lowest BCUT2D eigenvalue weighted by molar-refractivity contribution is 0.111. The molecule has 0 radical (unpaired) electrons. The van der Waals surface area contributed by atoms with Crippen molar-refractivity contribution in [3.8, 4) is 0 Å². The Morgan fingerprint density at radius 3 is 3.11 bits per heavy atom. The monoisotopic (exact) mass is 125 g/mol. The molecule has 1 rings (SSSR count). The van der Waals surface area contributed by atoms with Crippen LogP contribution in [-0.2, 0) is 0 Å². The third-order valence-corrected chi connectivity index (χ3v) is 0.769. The van der Waals surface area contributed by atoms with E-state index >= 15 is 0 Å². The van der Waals surface area contributed by atoms with Gasteiger partial charge in [0.15, 0.2) is 6.29 Å². The van der Waals surface area contributed by atoms with Crippen molar-refractivity contribution in [1.29, 1.82) is 5.53 Å². The molecular weight excluding hydrogens is 122 g/mol. The maximum absolute atomic E-state index is 9.98. The van der Waals surface area contributed by atoms with E-state index in [0.717, 1.165) is 4.68 Å². The number of hydrogen-bond acceptors (Lipinski definition) is 5. The van der Waals surface area contributed by atoms with Crippen molar-refractivity contribution < 1.29 is 4.79 Å². The summed E-state index contributed by atoms with van der Waals surface area (Å²) in [5, 5.41) is 9.58. The number of hydrogen-bond donors (Lipinski definition) is 1. The fourth-order valence-electron chi connectivity index (χ4n) is 0.393. The minimum Gasteiger partial charge on any atom is -0.294 e. The summed E-state index contributed by atoms with van der Waals surface area (Å²) in [6.45, 7) is 0. The van der Waals surface area contributed by atoms with Crippen LogP contribution in [0.3, 0.4) is 0 Å². The Labute approximate surface area is 50.0 Å². The third kappa shape index (κ3) is 0.809. The maximum atomic E-state index is 9.98. The van der Waals surface area contributed by atoms with Gasteiger partial charge < -0.3 is 0 Å². The zero-order valence-electron chi connectivity index (χ0n) is 4.35. The SMILES string of the molecule is N=Nn1cnnc1C=O. The summed E-state index contributed by atoms with van der Waals surface area (Å²) in [6, 6.07) is 0. The highest BCUT2D eigenvalue weighted by Gasteiger charge is 1.97. The summed E-state index contributed by atoms with van der Waals surface area (Å²) < 4.78 is 0.965. The van der Waals surface area contributed by atoms with Crippen molar-refractivity contribution in [1.82, 2.24) is 14.9 Å². The van der Waals surface area contributed by atoms with Crippen LogP contribution in [0, 0.1) is 5.53 Å². The highest BCUT2D eigenvalue weighted by molar-refractivity contribution is 5.68. The van der Waals surface area contributed by atoms with E-state index in [1.54, 1.807) is 0 Å². The van der Waals surface area contributed by atoms with E-state index in [4.69, 9.17) is 5.53 Å². The lowest BCUT2D eigenvalue weighted by Crippen LogP contribution is -1.92. The standard InChI is InChI=1S/C3H3N5O/c4-7-8-2-5-6-3(8)1-9/h1-2,4H. The number of nitrogens with zero attached hydrogens (tertiary/aromatic N) is 4. The van der Waals surface area contributed by atoms with Crippen molar-refractivity contribution in [2.75, 3.05) is 0 Å². The molecule has 6 nitrogen and oxygen atoms in total. The highest BCUT2D eigenvalue weighted by Crippen LogP contribution is 1.87. The van der Waals surface area contributed by atoms with Gasteiger partial charge in [-0.2, -0.15) is 10.2 Å². The zero-order valence-corrected chi connectivity index (χ0v) is 4.35. The van der Waals surface area contributed by atoms with Gasteiger partial charge in [-0.25, -0.2) is 0 Å². The smallest absolute Gasteiger partial charge is 0.218 e. The van der Waals surface area contributed by atoms with Gasteiger partial charge in [-0.05, 0) is 0 Å². The molecule has 0 aliphatic carbocycles. The fourth-order valence-corrected chi connectivity index (χ4v) is 0.393. The number of carbonyl (C=O) groups excluding carboxylic acids is 1. The number of carbonyl (C=O) groups is 1. The first-order valence-electron chi connectivity index (χ1n) is 2.11. The van der Waals surface area contributed by atoms with Gasteiger partial charge in [0.25, 0.3) is 0 Å². The molecular formula is C3H3N5O. The normalized spacial score (nSPS) is 8.89. The molecule has 0 atom stereocenters. The van der Waals surface area contributed by atoms with Crippen molar-refractivity contribution in [3.63, 3.8) is 0 Å². The lowest BCUT2D eigenvalue weighted by atomic mass is 10.7. The zero-order chi connectivity index (χ0) is 6.69. The van der Waals surface area contributed by atoms with Crippen molar-refractivity contribution in [2.45, 2.75) is 0 Å². The van der Waals surface area contributed by atoms with Gasteiger partial charge in [-0.3, -0.25) is 4.79 Å². The van der Waals surface area contributed by atoms with Crippen LogP contribution in [-0.4, -0.2) is 21.2 Å². The summed E-state index contributed by atoms with van der Waals surface area (Å²) in [5.74, 6) is 0.0324. The van der Waals surface area contributed by atoms with Crippen molar-refractivity contribution in [2.24, 2.45) is 5.22 Å². The van der Waals surface area contributed by atoms with E-state index in [9.17, 15) is 4.79 Å². The first-order valence-corrected chi connectivity index (χ1v) is 2.11. The van der Waals surface area contributed by atoms with Crippen molar-refractivity contribution >= 4 is 6.29 Å². The second-order valence-electron chi connectivity index (χ2n) is 1.25. The molecule has 0 bridgehead atoms. The van der Waals surface area contributed by atoms with Gasteiger partial charge in [0.05, 0.1) is 0 Å². The summed E-state index contributed by atoms with van der Waals surface area (Å²) in [4.78, 5) is 9.98. The maximum Gasteiger partial charge on any atom is 0.218 e. The summed E-state index contributed by atoms with van der Waals surface area (Å²) >= 11 is 0. The Morgan fingerprint density at radius 2 is 2.67 bits per heavy atom. The van der Waals surface area contributed by atoms with Crippen molar-refractivity contribution in [3.05, 3.63) is 12.2 Å². The quantitative estimate of drug-likeness (QED) is 0.441. The van der Waals surface area contributed by atoms with E-state index < -0.39 is 0 Å². The molecule has 0 aromatic carbocycles. The van der Waals surface area contributed by atoms with E-state index in [0.29, 0.717) is 6.29 Å². The molecule has 1 heterocycles. The molecule has 1 aromatic rings. The highest BCUT2D eigenvalue weighted by atomic mass is 16.1. The minimum absolute atomic E-state index is 0.0324. The molecule has 46 valence electrons. The van der Waals surface area contributed by atoms with E-state index in [2.05, 4.69) is 15.4 Å². The number of aldehydes is 1. The number of aromatic nitrogens is 3. The molecule has 0 aliphatic rings. The topological polar surface area (TPSA) is 84.0 Å². The Balaban J connectivity index is 3.12. The Kier molecular flexibility index (Phi) is 1.31. The molecule has 1 N–H and O–H groups in total. The molecule has 0 amide bonds. The fraction of sp³-hybridized carbons (Fsp3) is 0. The Morgan fingerprint density at radius 1 is 1.89 bits per heavy atom. The molecule has 0 fully saturated rings.